The summed E-state index contributed by atoms with van der Waals surface area (Å²) in [6.45, 7) is 0.469. The van der Waals surface area contributed by atoms with Crippen molar-refractivity contribution in [1.29, 1.82) is 0 Å². The fraction of sp³-hybridized carbons (Fsp3) is 0.125. The van der Waals surface area contributed by atoms with Crippen LogP contribution >= 0.6 is 11.6 Å². The van der Waals surface area contributed by atoms with Crippen LogP contribution in [0.4, 0.5) is 5.69 Å². The Balaban J connectivity index is 1.92. The zero-order chi connectivity index (χ0) is 14.7. The first-order chi connectivity index (χ1) is 10.3. The van der Waals surface area contributed by atoms with Gasteiger partial charge in [-0.1, -0.05) is 36.4 Å². The van der Waals surface area contributed by atoms with Crippen LogP contribution in [0.15, 0.2) is 54.7 Å². The average molecular weight is 303 g/mol. The molecular weight excluding hydrogens is 288 g/mol. The van der Waals surface area contributed by atoms with Crippen LogP contribution < -0.4 is 9.80 Å². The highest BCUT2D eigenvalue weighted by Gasteiger charge is 2.13. The molecule has 0 radical (unpaired) electrons. The Morgan fingerprint density at radius 2 is 1.90 bits per heavy atom. The van der Waals surface area contributed by atoms with Crippen LogP contribution in [-0.4, -0.2) is 16.2 Å². The van der Waals surface area contributed by atoms with Gasteiger partial charge in [-0.15, -0.1) is 11.6 Å². The van der Waals surface area contributed by atoms with E-state index in [-0.39, 0.29) is 6.00 Å². The number of nitrogens with zero attached hydrogens (tertiary/aromatic N) is 1. The third-order valence-corrected chi connectivity index (χ3v) is 3.50. The number of halogens is 1. The van der Waals surface area contributed by atoms with Crippen molar-refractivity contribution in [1.82, 2.24) is 4.98 Å². The second-order valence-corrected chi connectivity index (χ2v) is 4.89. The first-order valence-corrected chi connectivity index (χ1v) is 7.12. The molecule has 3 rings (SSSR count). The number of alkyl halides is 1. The Hall–Kier alpha value is -2.17. The van der Waals surface area contributed by atoms with Gasteiger partial charge in [0, 0.05) is 6.20 Å². The second kappa shape index (κ2) is 6.08. The van der Waals surface area contributed by atoms with Gasteiger partial charge < -0.3 is 9.72 Å². The summed E-state index contributed by atoms with van der Waals surface area (Å²) in [4.78, 5) is 3.10. The molecule has 0 fully saturated rings. The third kappa shape index (κ3) is 2.82. The van der Waals surface area contributed by atoms with Crippen molar-refractivity contribution in [3.8, 4) is 5.75 Å². The Labute approximate surface area is 127 Å². The zero-order valence-corrected chi connectivity index (χ0v) is 12.0. The quantitative estimate of drug-likeness (QED) is 0.423. The molecule has 0 spiro atoms. The van der Waals surface area contributed by atoms with Crippen molar-refractivity contribution in [3.63, 3.8) is 0 Å². The van der Waals surface area contributed by atoms with Gasteiger partial charge in [0.25, 0.3) is 0 Å². The molecule has 0 saturated heterocycles. The number of hydroxylamine groups is 1. The Bertz CT molecular complexity index is 727. The normalized spacial score (nSPS) is 10.8. The molecule has 2 aromatic carbocycles. The van der Waals surface area contributed by atoms with Gasteiger partial charge in [-0.05, 0) is 17.7 Å². The van der Waals surface area contributed by atoms with Crippen LogP contribution in [0, 0.1) is 0 Å². The van der Waals surface area contributed by atoms with E-state index in [4.69, 9.17) is 16.3 Å². The highest BCUT2D eigenvalue weighted by molar-refractivity contribution is 6.19. The first kappa shape index (κ1) is 13.8. The minimum absolute atomic E-state index is 0.0139. The molecule has 2 N–H and O–H groups in total. The molecule has 0 saturated carbocycles. The standard InChI is InChI=1S/C16H15ClN2O2/c17-11-19(20)14-9-18-13-7-4-8-15(16(13)14)21-10-12-5-2-1-3-6-12/h1-9,18,20H,10-11H2. The van der Waals surface area contributed by atoms with Crippen LogP contribution in [-0.2, 0) is 6.61 Å². The number of nitrogens with one attached hydrogen (secondary N) is 1. The van der Waals surface area contributed by atoms with Crippen LogP contribution in [0.1, 0.15) is 5.56 Å². The lowest BCUT2D eigenvalue weighted by Gasteiger charge is -2.14. The maximum atomic E-state index is 9.85. The van der Waals surface area contributed by atoms with E-state index in [0.29, 0.717) is 18.0 Å². The maximum absolute atomic E-state index is 9.85. The van der Waals surface area contributed by atoms with Crippen LogP contribution in [0.25, 0.3) is 10.9 Å². The number of hydrogen-bond donors (Lipinski definition) is 2. The third-order valence-electron chi connectivity index (χ3n) is 3.28. The molecule has 0 amide bonds. The van der Waals surface area contributed by atoms with Gasteiger partial charge in [0.2, 0.25) is 0 Å². The van der Waals surface area contributed by atoms with Crippen molar-refractivity contribution >= 4 is 28.2 Å². The molecule has 0 aliphatic rings. The molecule has 1 aromatic heterocycles. The molecule has 0 aliphatic heterocycles. The van der Waals surface area contributed by atoms with Gasteiger partial charge in [-0.25, -0.2) is 5.06 Å². The fourth-order valence-electron chi connectivity index (χ4n) is 2.26. The van der Waals surface area contributed by atoms with E-state index in [1.54, 1.807) is 6.20 Å². The number of hydrogen-bond acceptors (Lipinski definition) is 3. The second-order valence-electron chi connectivity index (χ2n) is 4.65. The lowest BCUT2D eigenvalue weighted by Crippen LogP contribution is -2.14. The largest absolute Gasteiger partial charge is 0.488 e. The van der Waals surface area contributed by atoms with Gasteiger partial charge in [-0.3, -0.25) is 5.21 Å². The summed E-state index contributed by atoms with van der Waals surface area (Å²) in [5.74, 6) is 0.705. The molecule has 0 unspecified atom stereocenters. The first-order valence-electron chi connectivity index (χ1n) is 6.59. The van der Waals surface area contributed by atoms with E-state index in [0.717, 1.165) is 21.5 Å². The van der Waals surface area contributed by atoms with E-state index < -0.39 is 0 Å². The fourth-order valence-corrected chi connectivity index (χ4v) is 2.39. The van der Waals surface area contributed by atoms with Crippen molar-refractivity contribution in [2.45, 2.75) is 6.61 Å². The highest BCUT2D eigenvalue weighted by atomic mass is 35.5. The van der Waals surface area contributed by atoms with Crippen molar-refractivity contribution in [3.05, 3.63) is 60.3 Å². The van der Waals surface area contributed by atoms with E-state index in [9.17, 15) is 5.21 Å². The van der Waals surface area contributed by atoms with Gasteiger partial charge >= 0.3 is 0 Å². The smallest absolute Gasteiger partial charge is 0.131 e. The van der Waals surface area contributed by atoms with E-state index in [1.807, 2.05) is 48.5 Å². The van der Waals surface area contributed by atoms with E-state index in [2.05, 4.69) is 4.98 Å². The van der Waals surface area contributed by atoms with Crippen LogP contribution in [0.3, 0.4) is 0 Å². The number of benzene rings is 2. The van der Waals surface area contributed by atoms with Gasteiger partial charge in [0.1, 0.15) is 18.4 Å². The lowest BCUT2D eigenvalue weighted by molar-refractivity contribution is 0.272. The summed E-state index contributed by atoms with van der Waals surface area (Å²) in [6.07, 6.45) is 1.71. The molecule has 21 heavy (non-hydrogen) atoms. The summed E-state index contributed by atoms with van der Waals surface area (Å²) < 4.78 is 5.90. The molecular formula is C16H15ClN2O2. The minimum atomic E-state index is -0.0139. The van der Waals surface area contributed by atoms with Crippen molar-refractivity contribution < 1.29 is 9.94 Å². The highest BCUT2D eigenvalue weighted by Crippen LogP contribution is 2.34. The summed E-state index contributed by atoms with van der Waals surface area (Å²) in [7, 11) is 0. The minimum Gasteiger partial charge on any atom is -0.488 e. The summed E-state index contributed by atoms with van der Waals surface area (Å²) in [5, 5.41) is 11.6. The molecule has 0 atom stereocenters. The monoisotopic (exact) mass is 302 g/mol. The summed E-state index contributed by atoms with van der Waals surface area (Å²) in [5.41, 5.74) is 2.58. The number of rotatable bonds is 5. The zero-order valence-electron chi connectivity index (χ0n) is 11.3. The molecule has 0 bridgehead atoms. The maximum Gasteiger partial charge on any atom is 0.131 e. The van der Waals surface area contributed by atoms with Crippen LogP contribution in [0.5, 0.6) is 5.75 Å². The topological polar surface area (TPSA) is 48.5 Å². The molecule has 3 aromatic rings. The van der Waals surface area contributed by atoms with Crippen molar-refractivity contribution in [2.24, 2.45) is 0 Å². The summed E-state index contributed by atoms with van der Waals surface area (Å²) >= 11 is 5.69. The van der Waals surface area contributed by atoms with Gasteiger partial charge in [0.05, 0.1) is 16.6 Å². The van der Waals surface area contributed by atoms with E-state index >= 15 is 0 Å². The predicted molar refractivity (Wildman–Crippen MR) is 84.1 cm³/mol. The molecule has 5 heteroatoms. The Morgan fingerprint density at radius 1 is 1.10 bits per heavy atom. The Kier molecular flexibility index (Phi) is 3.99. The molecule has 1 heterocycles. The summed E-state index contributed by atoms with van der Waals surface area (Å²) in [6, 6.07) is 15.6. The van der Waals surface area contributed by atoms with Crippen LogP contribution in [0.2, 0.25) is 0 Å². The number of aromatic nitrogens is 1. The molecule has 108 valence electrons. The number of H-pyrrole nitrogens is 1. The SMILES string of the molecule is ON(CCl)c1c[nH]c2cccc(OCc3ccccc3)c12. The van der Waals surface area contributed by atoms with Gasteiger partial charge in [-0.2, -0.15) is 0 Å². The molecule has 0 aliphatic carbocycles. The lowest BCUT2D eigenvalue weighted by atomic mass is 10.2. The number of aromatic amines is 1. The Morgan fingerprint density at radius 3 is 2.67 bits per heavy atom. The molecule has 4 nitrogen and oxygen atoms in total. The average Bonchev–Trinajstić information content (AvgIpc) is 2.98. The predicted octanol–water partition coefficient (Wildman–Crippen LogP) is 4.14. The number of fused-ring (bicyclic) bond motifs is 1. The number of anilines is 1. The number of ether oxygens (including phenoxy) is 1. The van der Waals surface area contributed by atoms with Crippen molar-refractivity contribution in [2.75, 3.05) is 11.1 Å². The van der Waals surface area contributed by atoms with Gasteiger partial charge in [0.15, 0.2) is 0 Å². The van der Waals surface area contributed by atoms with E-state index in [1.165, 1.54) is 0 Å².